The Balaban J connectivity index is 2.42. The van der Waals surface area contributed by atoms with Crippen LogP contribution in [0.1, 0.15) is 62.9 Å². The van der Waals surface area contributed by atoms with E-state index in [2.05, 4.69) is 16.7 Å². The summed E-state index contributed by atoms with van der Waals surface area (Å²) >= 11 is 0. The number of hydrogen-bond donors (Lipinski definition) is 2. The van der Waals surface area contributed by atoms with Crippen molar-refractivity contribution in [3.63, 3.8) is 0 Å². The molecule has 0 spiro atoms. The van der Waals surface area contributed by atoms with Gasteiger partial charge in [0.05, 0.1) is 0 Å². The van der Waals surface area contributed by atoms with Gasteiger partial charge in [-0.2, -0.15) is 0 Å². The van der Waals surface area contributed by atoms with Crippen LogP contribution in [0.5, 0.6) is 0 Å². The molecule has 0 radical (unpaired) electrons. The van der Waals surface area contributed by atoms with Gasteiger partial charge in [-0.05, 0) is 51.7 Å². The lowest BCUT2D eigenvalue weighted by Crippen LogP contribution is -2.53. The molecule has 192 valence electrons. The van der Waals surface area contributed by atoms with Crippen molar-refractivity contribution in [2.24, 2.45) is 5.92 Å². The Labute approximate surface area is 214 Å². The Kier molecular flexibility index (Phi) is 9.68. The van der Waals surface area contributed by atoms with Gasteiger partial charge >= 0.3 is 6.09 Å². The van der Waals surface area contributed by atoms with E-state index in [1.54, 1.807) is 34.6 Å². The monoisotopic (exact) mass is 491 g/mol. The number of terminal acetylenes is 1. The van der Waals surface area contributed by atoms with Gasteiger partial charge in [-0.15, -0.1) is 0 Å². The Morgan fingerprint density at radius 3 is 2.11 bits per heavy atom. The summed E-state index contributed by atoms with van der Waals surface area (Å²) in [6.07, 6.45) is 5.10. The van der Waals surface area contributed by atoms with Crippen molar-refractivity contribution in [3.05, 3.63) is 70.8 Å². The molecule has 2 atom stereocenters. The van der Waals surface area contributed by atoms with Crippen molar-refractivity contribution in [1.29, 1.82) is 0 Å². The van der Waals surface area contributed by atoms with E-state index in [9.17, 15) is 14.4 Å². The molecule has 0 heterocycles. The van der Waals surface area contributed by atoms with Gasteiger partial charge in [0.2, 0.25) is 5.91 Å². The molecule has 0 aliphatic heterocycles. The first-order chi connectivity index (χ1) is 16.8. The topological polar surface area (TPSA) is 87.7 Å². The molecule has 2 N–H and O–H groups in total. The standard InChI is InChI=1S/C29H37N3O4/c1-9-32(27(34)24(19(2)3)31-28(35)36-29(6,7)8)25(23-16-20(4)15-21(5)17-23)26(33)30-18-22-13-11-10-12-14-22/h1,10-17,19,24-25H,18H2,2-8H3,(H,30,33)(H,31,35). The summed E-state index contributed by atoms with van der Waals surface area (Å²) in [7, 11) is 0. The van der Waals surface area contributed by atoms with Crippen LogP contribution in [0.4, 0.5) is 4.79 Å². The van der Waals surface area contributed by atoms with Crippen LogP contribution < -0.4 is 10.6 Å². The van der Waals surface area contributed by atoms with E-state index in [0.29, 0.717) is 5.56 Å². The van der Waals surface area contributed by atoms with Crippen LogP contribution in [0.3, 0.4) is 0 Å². The number of hydrogen-bond acceptors (Lipinski definition) is 4. The van der Waals surface area contributed by atoms with Crippen LogP contribution in [0.15, 0.2) is 48.5 Å². The molecule has 0 saturated carbocycles. The zero-order valence-corrected chi connectivity index (χ0v) is 22.2. The highest BCUT2D eigenvalue weighted by molar-refractivity contribution is 5.93. The smallest absolute Gasteiger partial charge is 0.408 e. The SMILES string of the molecule is C#CN(C(=O)C(NC(=O)OC(C)(C)C)C(C)C)C(C(=O)NCc1ccccc1)c1cc(C)cc(C)c1. The van der Waals surface area contributed by atoms with E-state index in [4.69, 9.17) is 11.2 Å². The Morgan fingerprint density at radius 2 is 1.61 bits per heavy atom. The van der Waals surface area contributed by atoms with Crippen molar-refractivity contribution in [2.75, 3.05) is 0 Å². The molecule has 2 rings (SSSR count). The molecule has 2 aromatic carbocycles. The number of carbonyl (C=O) groups excluding carboxylic acids is 3. The third-order valence-electron chi connectivity index (χ3n) is 5.36. The molecular formula is C29H37N3O4. The second kappa shape index (κ2) is 12.3. The zero-order chi connectivity index (χ0) is 27.0. The lowest BCUT2D eigenvalue weighted by atomic mass is 9.97. The van der Waals surface area contributed by atoms with E-state index < -0.39 is 35.6 Å². The molecule has 36 heavy (non-hydrogen) atoms. The second-order valence-electron chi connectivity index (χ2n) is 10.2. The number of benzene rings is 2. The molecule has 2 aromatic rings. The van der Waals surface area contributed by atoms with E-state index in [1.807, 2.05) is 62.4 Å². The number of carbonyl (C=O) groups is 3. The summed E-state index contributed by atoms with van der Waals surface area (Å²) < 4.78 is 5.34. The average molecular weight is 492 g/mol. The van der Waals surface area contributed by atoms with Gasteiger partial charge in [0.1, 0.15) is 17.7 Å². The molecule has 7 heteroatoms. The highest BCUT2D eigenvalue weighted by Crippen LogP contribution is 2.25. The predicted octanol–water partition coefficient (Wildman–Crippen LogP) is 4.63. The van der Waals surface area contributed by atoms with E-state index in [-0.39, 0.29) is 12.5 Å². The minimum absolute atomic E-state index is 0.275. The van der Waals surface area contributed by atoms with Gasteiger partial charge < -0.3 is 15.4 Å². The zero-order valence-electron chi connectivity index (χ0n) is 22.2. The van der Waals surface area contributed by atoms with Crippen molar-refractivity contribution in [2.45, 2.75) is 72.7 Å². The molecular weight excluding hydrogens is 454 g/mol. The summed E-state index contributed by atoms with van der Waals surface area (Å²) in [4.78, 5) is 40.8. The fraction of sp³-hybridized carbons (Fsp3) is 0.414. The van der Waals surface area contributed by atoms with Crippen LogP contribution in [0, 0.1) is 32.2 Å². The van der Waals surface area contributed by atoms with Crippen LogP contribution in [-0.2, 0) is 20.9 Å². The van der Waals surface area contributed by atoms with Gasteiger partial charge in [-0.1, -0.05) is 79.9 Å². The Bertz CT molecular complexity index is 1090. The van der Waals surface area contributed by atoms with Crippen molar-refractivity contribution >= 4 is 17.9 Å². The lowest BCUT2D eigenvalue weighted by molar-refractivity contribution is -0.139. The van der Waals surface area contributed by atoms with Crippen LogP contribution in [0.25, 0.3) is 0 Å². The normalized spacial score (nSPS) is 12.8. The lowest BCUT2D eigenvalue weighted by Gasteiger charge is -2.32. The predicted molar refractivity (Wildman–Crippen MR) is 141 cm³/mol. The van der Waals surface area contributed by atoms with Gasteiger partial charge in [0.25, 0.3) is 5.91 Å². The van der Waals surface area contributed by atoms with Crippen molar-refractivity contribution in [1.82, 2.24) is 15.5 Å². The number of ether oxygens (including phenoxy) is 1. The molecule has 3 amide bonds. The molecule has 0 fully saturated rings. The maximum absolute atomic E-state index is 13.7. The summed E-state index contributed by atoms with van der Waals surface area (Å²) in [5.74, 6) is -1.31. The second-order valence-corrected chi connectivity index (χ2v) is 10.2. The quantitative estimate of drug-likeness (QED) is 0.416. The maximum atomic E-state index is 13.7. The molecule has 0 bridgehead atoms. The third kappa shape index (κ3) is 8.16. The van der Waals surface area contributed by atoms with Gasteiger partial charge in [0.15, 0.2) is 0 Å². The average Bonchev–Trinajstić information content (AvgIpc) is 2.77. The van der Waals surface area contributed by atoms with Crippen molar-refractivity contribution in [3.8, 4) is 12.5 Å². The first-order valence-electron chi connectivity index (χ1n) is 12.0. The Morgan fingerprint density at radius 1 is 1.03 bits per heavy atom. The first-order valence-corrected chi connectivity index (χ1v) is 12.0. The van der Waals surface area contributed by atoms with Gasteiger partial charge in [-0.25, -0.2) is 4.79 Å². The summed E-state index contributed by atoms with van der Waals surface area (Å²) in [6, 6.07) is 15.4. The van der Waals surface area contributed by atoms with Crippen LogP contribution >= 0.6 is 0 Å². The molecule has 0 aliphatic carbocycles. The number of nitrogens with zero attached hydrogens (tertiary/aromatic N) is 1. The number of nitrogens with one attached hydrogen (secondary N) is 2. The van der Waals surface area contributed by atoms with E-state index >= 15 is 0 Å². The highest BCUT2D eigenvalue weighted by Gasteiger charge is 2.37. The summed E-state index contributed by atoms with van der Waals surface area (Å²) in [5, 5.41) is 5.54. The fourth-order valence-corrected chi connectivity index (χ4v) is 3.83. The number of alkyl carbamates (subject to hydrolysis) is 1. The minimum Gasteiger partial charge on any atom is -0.444 e. The van der Waals surface area contributed by atoms with Crippen LogP contribution in [-0.4, -0.2) is 34.5 Å². The first kappa shape index (κ1) is 28.4. The molecule has 0 saturated heterocycles. The summed E-state index contributed by atoms with van der Waals surface area (Å²) in [5.41, 5.74) is 2.63. The summed E-state index contributed by atoms with van der Waals surface area (Å²) in [6.45, 7) is 12.9. The van der Waals surface area contributed by atoms with E-state index in [1.165, 1.54) is 0 Å². The number of rotatable bonds is 8. The van der Waals surface area contributed by atoms with E-state index in [0.717, 1.165) is 21.6 Å². The largest absolute Gasteiger partial charge is 0.444 e. The maximum Gasteiger partial charge on any atom is 0.408 e. The van der Waals surface area contributed by atoms with Gasteiger partial charge in [0, 0.05) is 12.6 Å². The third-order valence-corrected chi connectivity index (χ3v) is 5.36. The molecule has 2 unspecified atom stereocenters. The van der Waals surface area contributed by atoms with Crippen LogP contribution in [0.2, 0.25) is 0 Å². The van der Waals surface area contributed by atoms with Crippen molar-refractivity contribution < 1.29 is 19.1 Å². The highest BCUT2D eigenvalue weighted by atomic mass is 16.6. The molecule has 0 aliphatic rings. The number of amides is 3. The van der Waals surface area contributed by atoms with Gasteiger partial charge in [-0.3, -0.25) is 14.5 Å². The fourth-order valence-electron chi connectivity index (χ4n) is 3.83. The number of aryl methyl sites for hydroxylation is 2. The molecule has 7 nitrogen and oxygen atoms in total. The Hall–Kier alpha value is -3.79. The molecule has 0 aromatic heterocycles. The minimum atomic E-state index is -1.09.